The molecule has 0 fully saturated rings. The number of rotatable bonds is 4. The van der Waals surface area contributed by atoms with Gasteiger partial charge in [0.25, 0.3) is 0 Å². The summed E-state index contributed by atoms with van der Waals surface area (Å²) in [6, 6.07) is 7.81. The van der Waals surface area contributed by atoms with Gasteiger partial charge in [-0.2, -0.15) is 0 Å². The second kappa shape index (κ2) is 5.39. The smallest absolute Gasteiger partial charge is 0.100 e. The Bertz CT molecular complexity index is 517. The van der Waals surface area contributed by atoms with Crippen LogP contribution in [-0.2, 0) is 5.41 Å². The average molecular weight is 281 g/mol. The summed E-state index contributed by atoms with van der Waals surface area (Å²) in [5.74, 6) is 0. The van der Waals surface area contributed by atoms with E-state index in [1.165, 1.54) is 0 Å². The van der Waals surface area contributed by atoms with Crippen LogP contribution in [0.2, 0.25) is 5.02 Å². The van der Waals surface area contributed by atoms with Gasteiger partial charge in [0.2, 0.25) is 0 Å². The van der Waals surface area contributed by atoms with Crippen LogP contribution in [0.4, 0.5) is 0 Å². The molecular weight excluding hydrogens is 264 g/mol. The predicted molar refractivity (Wildman–Crippen MR) is 79.5 cm³/mol. The number of aromatic nitrogens is 1. The second-order valence-electron chi connectivity index (χ2n) is 4.96. The highest BCUT2D eigenvalue weighted by atomic mass is 35.5. The number of nitrogens with one attached hydrogen (secondary N) is 1. The van der Waals surface area contributed by atoms with Crippen molar-refractivity contribution in [1.82, 2.24) is 10.3 Å². The summed E-state index contributed by atoms with van der Waals surface area (Å²) in [7, 11) is 1.97. The van der Waals surface area contributed by atoms with E-state index in [-0.39, 0.29) is 5.41 Å². The minimum atomic E-state index is 0.0596. The Hall–Kier alpha value is -0.900. The van der Waals surface area contributed by atoms with Gasteiger partial charge in [-0.05, 0) is 19.2 Å². The SMILES string of the molecule is CNCC(C)(C)c1nc(-c2ccc(Cl)cc2)cs1. The Labute approximate surface area is 117 Å². The van der Waals surface area contributed by atoms with Crippen molar-refractivity contribution < 1.29 is 0 Å². The lowest BCUT2D eigenvalue weighted by Gasteiger charge is -2.20. The van der Waals surface area contributed by atoms with Gasteiger partial charge in [-0.15, -0.1) is 11.3 Å². The zero-order valence-electron chi connectivity index (χ0n) is 10.8. The fourth-order valence-electron chi connectivity index (χ4n) is 1.86. The highest BCUT2D eigenvalue weighted by molar-refractivity contribution is 7.10. The first-order valence-electron chi connectivity index (χ1n) is 5.89. The van der Waals surface area contributed by atoms with Crippen molar-refractivity contribution >= 4 is 22.9 Å². The third-order valence-electron chi connectivity index (χ3n) is 2.84. The third kappa shape index (κ3) is 2.91. The van der Waals surface area contributed by atoms with Crippen LogP contribution in [-0.4, -0.2) is 18.6 Å². The predicted octanol–water partition coefficient (Wildman–Crippen LogP) is 3.96. The summed E-state index contributed by atoms with van der Waals surface area (Å²) in [5, 5.41) is 7.23. The number of likely N-dealkylation sites (N-methyl/N-ethyl adjacent to an activating group) is 1. The Balaban J connectivity index is 2.28. The lowest BCUT2D eigenvalue weighted by Crippen LogP contribution is -2.30. The zero-order valence-corrected chi connectivity index (χ0v) is 12.4. The zero-order chi connectivity index (χ0) is 13.2. The minimum Gasteiger partial charge on any atom is -0.319 e. The quantitative estimate of drug-likeness (QED) is 0.917. The van der Waals surface area contributed by atoms with Gasteiger partial charge in [0.05, 0.1) is 5.69 Å². The van der Waals surface area contributed by atoms with Gasteiger partial charge in [-0.3, -0.25) is 0 Å². The van der Waals surface area contributed by atoms with Crippen molar-refractivity contribution in [3.63, 3.8) is 0 Å². The summed E-state index contributed by atoms with van der Waals surface area (Å²) in [4.78, 5) is 4.74. The van der Waals surface area contributed by atoms with Gasteiger partial charge in [-0.25, -0.2) is 4.98 Å². The van der Waals surface area contributed by atoms with Crippen LogP contribution in [0.3, 0.4) is 0 Å². The van der Waals surface area contributed by atoms with Gasteiger partial charge < -0.3 is 5.32 Å². The fourth-order valence-corrected chi connectivity index (χ4v) is 2.94. The number of hydrogen-bond acceptors (Lipinski definition) is 3. The normalized spacial score (nSPS) is 11.8. The average Bonchev–Trinajstić information content (AvgIpc) is 2.80. The number of nitrogens with zero attached hydrogens (tertiary/aromatic N) is 1. The number of benzene rings is 1. The topological polar surface area (TPSA) is 24.9 Å². The molecule has 0 spiro atoms. The summed E-state index contributed by atoms with van der Waals surface area (Å²) in [6.45, 7) is 5.32. The van der Waals surface area contributed by atoms with Gasteiger partial charge in [-0.1, -0.05) is 37.6 Å². The van der Waals surface area contributed by atoms with E-state index in [0.29, 0.717) is 0 Å². The molecule has 0 unspecified atom stereocenters. The Kier molecular flexibility index (Phi) is 4.05. The van der Waals surface area contributed by atoms with Gasteiger partial charge in [0, 0.05) is 27.9 Å². The molecule has 0 bridgehead atoms. The molecule has 0 radical (unpaired) electrons. The van der Waals surface area contributed by atoms with E-state index in [4.69, 9.17) is 16.6 Å². The van der Waals surface area contributed by atoms with Gasteiger partial charge in [0.15, 0.2) is 0 Å². The summed E-state index contributed by atoms with van der Waals surface area (Å²) in [6.07, 6.45) is 0. The molecule has 2 rings (SSSR count). The molecule has 2 aromatic rings. The maximum atomic E-state index is 5.89. The molecular formula is C14H17ClN2S. The molecule has 1 heterocycles. The van der Waals surface area contributed by atoms with Crippen LogP contribution in [0.25, 0.3) is 11.3 Å². The van der Waals surface area contributed by atoms with Crippen LogP contribution >= 0.6 is 22.9 Å². The van der Waals surface area contributed by atoms with Crippen LogP contribution in [0.15, 0.2) is 29.6 Å². The standard InChI is InChI=1S/C14H17ClN2S/c1-14(2,9-16-3)13-17-12(8-18-13)10-4-6-11(15)7-5-10/h4-8,16H,9H2,1-3H3. The number of hydrogen-bond donors (Lipinski definition) is 1. The molecule has 1 N–H and O–H groups in total. The highest BCUT2D eigenvalue weighted by Crippen LogP contribution is 2.30. The van der Waals surface area contributed by atoms with Crippen LogP contribution in [0.1, 0.15) is 18.9 Å². The van der Waals surface area contributed by atoms with Crippen LogP contribution in [0, 0.1) is 0 Å². The molecule has 96 valence electrons. The molecule has 18 heavy (non-hydrogen) atoms. The third-order valence-corrected chi connectivity index (χ3v) is 4.30. The molecule has 0 saturated carbocycles. The van der Waals surface area contributed by atoms with Crippen molar-refractivity contribution in [2.24, 2.45) is 0 Å². The number of thiazole rings is 1. The largest absolute Gasteiger partial charge is 0.319 e. The molecule has 2 nitrogen and oxygen atoms in total. The Morgan fingerprint density at radius 1 is 1.28 bits per heavy atom. The molecule has 0 aliphatic rings. The molecule has 0 amide bonds. The van der Waals surface area contributed by atoms with Gasteiger partial charge >= 0.3 is 0 Å². The second-order valence-corrected chi connectivity index (χ2v) is 6.25. The van der Waals surface area contributed by atoms with E-state index in [9.17, 15) is 0 Å². The maximum absolute atomic E-state index is 5.89. The molecule has 0 aliphatic heterocycles. The Morgan fingerprint density at radius 2 is 1.94 bits per heavy atom. The molecule has 0 atom stereocenters. The molecule has 0 saturated heterocycles. The maximum Gasteiger partial charge on any atom is 0.100 e. The molecule has 1 aromatic carbocycles. The van der Waals surface area contributed by atoms with Crippen molar-refractivity contribution in [3.05, 3.63) is 39.7 Å². The van der Waals surface area contributed by atoms with E-state index in [1.54, 1.807) is 11.3 Å². The van der Waals surface area contributed by atoms with Crippen LogP contribution in [0.5, 0.6) is 0 Å². The molecule has 0 aliphatic carbocycles. The van der Waals surface area contributed by atoms with E-state index >= 15 is 0 Å². The lowest BCUT2D eigenvalue weighted by atomic mass is 9.94. The van der Waals surface area contributed by atoms with Crippen molar-refractivity contribution in [3.8, 4) is 11.3 Å². The first-order chi connectivity index (χ1) is 8.53. The van der Waals surface area contributed by atoms with E-state index < -0.39 is 0 Å². The molecule has 1 aromatic heterocycles. The van der Waals surface area contributed by atoms with E-state index in [1.807, 2.05) is 31.3 Å². The van der Waals surface area contributed by atoms with Crippen molar-refractivity contribution in [2.45, 2.75) is 19.3 Å². The lowest BCUT2D eigenvalue weighted by molar-refractivity contribution is 0.492. The first-order valence-corrected chi connectivity index (χ1v) is 7.15. The van der Waals surface area contributed by atoms with Crippen LogP contribution < -0.4 is 5.32 Å². The van der Waals surface area contributed by atoms with E-state index in [0.717, 1.165) is 27.8 Å². The van der Waals surface area contributed by atoms with Gasteiger partial charge in [0.1, 0.15) is 5.01 Å². The fraction of sp³-hybridized carbons (Fsp3) is 0.357. The number of halogens is 1. The van der Waals surface area contributed by atoms with Crippen molar-refractivity contribution in [2.75, 3.05) is 13.6 Å². The first kappa shape index (κ1) is 13.5. The summed E-state index contributed by atoms with van der Waals surface area (Å²) in [5.41, 5.74) is 2.20. The summed E-state index contributed by atoms with van der Waals surface area (Å²) >= 11 is 7.60. The minimum absolute atomic E-state index is 0.0596. The summed E-state index contributed by atoms with van der Waals surface area (Å²) < 4.78 is 0. The Morgan fingerprint density at radius 3 is 2.56 bits per heavy atom. The van der Waals surface area contributed by atoms with E-state index in [2.05, 4.69) is 24.5 Å². The molecule has 4 heteroatoms. The monoisotopic (exact) mass is 280 g/mol. The van der Waals surface area contributed by atoms with Crippen molar-refractivity contribution in [1.29, 1.82) is 0 Å². The highest BCUT2D eigenvalue weighted by Gasteiger charge is 2.23.